The van der Waals surface area contributed by atoms with E-state index in [4.69, 9.17) is 38.5 Å². The fourth-order valence-corrected chi connectivity index (χ4v) is 6.33. The summed E-state index contributed by atoms with van der Waals surface area (Å²) >= 11 is 0. The molecular weight excluding hydrogens is 716 g/mol. The van der Waals surface area contributed by atoms with Gasteiger partial charge in [-0.1, -0.05) is 0 Å². The first kappa shape index (κ1) is 39.0. The molecule has 0 aromatic heterocycles. The van der Waals surface area contributed by atoms with Gasteiger partial charge in [0.05, 0.1) is 24.4 Å². The number of hydrogen-bond donors (Lipinski definition) is 11. The van der Waals surface area contributed by atoms with E-state index in [0.29, 0.717) is 0 Å². The molecule has 0 aliphatic carbocycles. The van der Waals surface area contributed by atoms with Crippen molar-refractivity contribution in [1.82, 2.24) is 0 Å². The third-order valence-electron chi connectivity index (χ3n) is 9.41. The SMILES string of the molecule is C[C@@H]1O[C@@H](OOc2cc(O)c3c(c2)OOC(c2ccc(O)cc2)=C([C@H]2O[C@H](C)[C@@H](O)[C@H](O)[C@@H]2O)C3=O)[C@H](O)[C@H](O[C@@H]2O[C@H](CO)[C@@H](O)[C@H](O)[C@H]2O)[C@H]1O. The van der Waals surface area contributed by atoms with Crippen LogP contribution < -0.4 is 9.78 Å². The van der Waals surface area contributed by atoms with E-state index in [2.05, 4.69) is 0 Å². The molecule has 0 spiro atoms. The quantitative estimate of drug-likeness (QED) is 0.0936. The molecule has 20 heteroatoms. The molecule has 11 N–H and O–H groups in total. The van der Waals surface area contributed by atoms with E-state index in [1.165, 1.54) is 38.1 Å². The highest BCUT2D eigenvalue weighted by atomic mass is 17.2. The molecular formula is C33H40O20. The topological polar surface area (TPSA) is 313 Å². The summed E-state index contributed by atoms with van der Waals surface area (Å²) in [5.41, 5.74) is -0.789. The molecule has 0 radical (unpaired) electrons. The Morgan fingerprint density at radius 3 is 2.04 bits per heavy atom. The van der Waals surface area contributed by atoms with Crippen LogP contribution in [0, 0.1) is 0 Å². The van der Waals surface area contributed by atoms with Gasteiger partial charge in [0.15, 0.2) is 23.5 Å². The molecule has 0 saturated carbocycles. The number of aliphatic hydroxyl groups is 9. The summed E-state index contributed by atoms with van der Waals surface area (Å²) in [6, 6.07) is 7.20. The van der Waals surface area contributed by atoms with E-state index in [-0.39, 0.29) is 22.8 Å². The molecule has 53 heavy (non-hydrogen) atoms. The number of ether oxygens (including phenoxy) is 4. The zero-order valence-corrected chi connectivity index (χ0v) is 27.9. The molecule has 15 atom stereocenters. The Hall–Kier alpha value is -3.71. The van der Waals surface area contributed by atoms with Crippen molar-refractivity contribution in [3.63, 3.8) is 0 Å². The lowest BCUT2D eigenvalue weighted by molar-refractivity contribution is -0.401. The number of carbonyl (C=O) groups is 1. The van der Waals surface area contributed by atoms with Crippen molar-refractivity contribution in [2.24, 2.45) is 0 Å². The van der Waals surface area contributed by atoms with Crippen LogP contribution in [0.5, 0.6) is 23.0 Å². The summed E-state index contributed by atoms with van der Waals surface area (Å²) in [7, 11) is 0. The zero-order valence-electron chi connectivity index (χ0n) is 27.9. The molecule has 2 aromatic carbocycles. The van der Waals surface area contributed by atoms with Gasteiger partial charge in [0.25, 0.3) is 0 Å². The van der Waals surface area contributed by atoms with E-state index in [1.54, 1.807) is 0 Å². The molecule has 6 rings (SSSR count). The number of benzene rings is 2. The zero-order chi connectivity index (χ0) is 38.5. The lowest BCUT2D eigenvalue weighted by Crippen LogP contribution is -2.64. The Bertz CT molecular complexity index is 1650. The van der Waals surface area contributed by atoms with Crippen molar-refractivity contribution in [3.05, 3.63) is 53.1 Å². The van der Waals surface area contributed by atoms with Gasteiger partial charge in [-0.15, -0.1) is 0 Å². The molecule has 4 aliphatic rings. The highest BCUT2D eigenvalue weighted by molar-refractivity contribution is 6.16. The summed E-state index contributed by atoms with van der Waals surface area (Å²) in [5, 5.41) is 114. The summed E-state index contributed by atoms with van der Waals surface area (Å²) in [5.74, 6) is -3.03. The van der Waals surface area contributed by atoms with Gasteiger partial charge in [-0.05, 0) is 38.1 Å². The predicted molar refractivity (Wildman–Crippen MR) is 168 cm³/mol. The van der Waals surface area contributed by atoms with Gasteiger partial charge in [-0.2, -0.15) is 4.89 Å². The smallest absolute Gasteiger partial charge is 0.232 e. The van der Waals surface area contributed by atoms with Crippen molar-refractivity contribution in [3.8, 4) is 23.0 Å². The number of ketones is 1. The number of aliphatic hydroxyl groups excluding tert-OH is 9. The molecule has 3 saturated heterocycles. The minimum absolute atomic E-state index is 0.136. The van der Waals surface area contributed by atoms with Gasteiger partial charge in [0.1, 0.15) is 84.2 Å². The number of aromatic hydroxyl groups is 2. The van der Waals surface area contributed by atoms with Crippen molar-refractivity contribution < 1.29 is 99.5 Å². The number of hydrogen-bond acceptors (Lipinski definition) is 20. The third kappa shape index (κ3) is 7.39. The molecule has 2 aromatic rings. The lowest BCUT2D eigenvalue weighted by Gasteiger charge is -2.45. The highest BCUT2D eigenvalue weighted by Gasteiger charge is 2.51. The van der Waals surface area contributed by atoms with Crippen molar-refractivity contribution in [2.45, 2.75) is 106 Å². The van der Waals surface area contributed by atoms with Crippen molar-refractivity contribution >= 4 is 11.5 Å². The largest absolute Gasteiger partial charge is 0.508 e. The van der Waals surface area contributed by atoms with E-state index in [0.717, 1.165) is 12.1 Å². The summed E-state index contributed by atoms with van der Waals surface area (Å²) in [6.07, 6.45) is -24.1. The molecule has 0 unspecified atom stereocenters. The molecule has 3 fully saturated rings. The van der Waals surface area contributed by atoms with Gasteiger partial charge in [0.2, 0.25) is 12.1 Å². The van der Waals surface area contributed by atoms with Crippen LogP contribution in [0.4, 0.5) is 0 Å². The lowest BCUT2D eigenvalue weighted by atomic mass is 9.86. The Kier molecular flexibility index (Phi) is 11.5. The van der Waals surface area contributed by atoms with E-state index in [1.807, 2.05) is 0 Å². The molecule has 0 amide bonds. The van der Waals surface area contributed by atoms with E-state index >= 15 is 0 Å². The Morgan fingerprint density at radius 1 is 0.698 bits per heavy atom. The van der Waals surface area contributed by atoms with Crippen molar-refractivity contribution in [2.75, 3.05) is 6.61 Å². The van der Waals surface area contributed by atoms with Crippen LogP contribution in [0.15, 0.2) is 42.0 Å². The molecule has 4 aliphatic heterocycles. The second-order valence-electron chi connectivity index (χ2n) is 13.0. The van der Waals surface area contributed by atoms with E-state index in [9.17, 15) is 61.0 Å². The van der Waals surface area contributed by atoms with E-state index < -0.39 is 127 Å². The van der Waals surface area contributed by atoms with Crippen LogP contribution in [0.3, 0.4) is 0 Å². The average molecular weight is 757 g/mol. The maximum Gasteiger partial charge on any atom is 0.232 e. The minimum atomic E-state index is -1.87. The van der Waals surface area contributed by atoms with Crippen molar-refractivity contribution in [1.29, 1.82) is 0 Å². The second-order valence-corrected chi connectivity index (χ2v) is 13.0. The maximum absolute atomic E-state index is 14.2. The van der Waals surface area contributed by atoms with Gasteiger partial charge in [-0.25, -0.2) is 0 Å². The van der Waals surface area contributed by atoms with Crippen LogP contribution >= 0.6 is 0 Å². The minimum Gasteiger partial charge on any atom is -0.508 e. The number of rotatable bonds is 8. The first-order valence-electron chi connectivity index (χ1n) is 16.4. The summed E-state index contributed by atoms with van der Waals surface area (Å²) in [4.78, 5) is 35.7. The molecule has 4 heterocycles. The fourth-order valence-electron chi connectivity index (χ4n) is 6.33. The number of phenols is 2. The maximum atomic E-state index is 14.2. The molecule has 292 valence electrons. The standard InChI is InChI=1S/C33H40O20/c1-10-20(37)24(41)26(43)30(46-10)19-23(40)18-15(36)7-14(8-16(18)51-52-29(19)12-3-5-13(35)6-4-12)50-53-33-28(45)31(21(38)11(2)47-33)49-32-27(44)25(42)22(39)17(9-34)48-32/h3-8,10-11,17,20-22,24-28,30-39,41-45H,9H2,1-2H3/t10-,11+,17-,20-,21+,22-,24+,25+,26+,27-,28-,30-,31-,32+,33+/m1/s1. The van der Waals surface area contributed by atoms with Crippen LogP contribution in [-0.2, 0) is 28.7 Å². The molecule has 20 nitrogen and oxygen atoms in total. The Balaban J connectivity index is 1.24. The predicted octanol–water partition coefficient (Wildman–Crippen LogP) is -3.15. The Labute approximate surface area is 299 Å². The number of fused-ring (bicyclic) bond motifs is 1. The number of carbonyl (C=O) groups excluding carboxylic acids is 1. The first-order valence-corrected chi connectivity index (χ1v) is 16.4. The Morgan fingerprint density at radius 2 is 1.36 bits per heavy atom. The third-order valence-corrected chi connectivity index (χ3v) is 9.41. The van der Waals surface area contributed by atoms with Gasteiger partial charge >= 0.3 is 0 Å². The highest BCUT2D eigenvalue weighted by Crippen LogP contribution is 2.43. The number of phenolic OH excluding ortho intramolecular Hbond substituents is 2. The van der Waals surface area contributed by atoms with Crippen LogP contribution in [0.2, 0.25) is 0 Å². The van der Waals surface area contributed by atoms with Gasteiger partial charge in [-0.3, -0.25) is 14.6 Å². The second kappa shape index (κ2) is 15.6. The monoisotopic (exact) mass is 756 g/mol. The van der Waals surface area contributed by atoms with Crippen LogP contribution in [-0.4, -0.2) is 160 Å². The number of Topliss-reactive ketones (excluding diaryl/α,β-unsaturated/α-hetero) is 1. The average Bonchev–Trinajstić information content (AvgIpc) is 3.28. The van der Waals surface area contributed by atoms with Crippen LogP contribution in [0.1, 0.15) is 29.8 Å². The fraction of sp³-hybridized carbons (Fsp3) is 0.545. The summed E-state index contributed by atoms with van der Waals surface area (Å²) < 4.78 is 22.1. The van der Waals surface area contributed by atoms with Crippen LogP contribution in [0.25, 0.3) is 5.76 Å². The normalized spacial score (nSPS) is 39.1. The first-order chi connectivity index (χ1) is 25.1. The molecule has 0 bridgehead atoms. The van der Waals surface area contributed by atoms with Gasteiger partial charge in [0, 0.05) is 17.7 Å². The van der Waals surface area contributed by atoms with Gasteiger partial charge < -0.3 is 80.0 Å². The summed E-state index contributed by atoms with van der Waals surface area (Å²) in [6.45, 7) is 2.02.